The van der Waals surface area contributed by atoms with Crippen LogP contribution in [0.2, 0.25) is 0 Å². The predicted octanol–water partition coefficient (Wildman–Crippen LogP) is 2.51. The number of halogens is 1. The molecule has 5 nitrogen and oxygen atoms in total. The van der Waals surface area contributed by atoms with Crippen LogP contribution in [0.3, 0.4) is 0 Å². The maximum absolute atomic E-state index is 11.9. The molecule has 1 aromatic carbocycles. The Hall–Kier alpha value is -1.56. The van der Waals surface area contributed by atoms with E-state index in [2.05, 4.69) is 5.32 Å². The van der Waals surface area contributed by atoms with E-state index >= 15 is 0 Å². The Morgan fingerprint density at radius 1 is 1.22 bits per heavy atom. The van der Waals surface area contributed by atoms with Crippen molar-refractivity contribution in [3.63, 3.8) is 0 Å². The van der Waals surface area contributed by atoms with E-state index in [1.54, 1.807) is 6.92 Å². The molecule has 0 amide bonds. The van der Waals surface area contributed by atoms with Crippen molar-refractivity contribution in [2.45, 2.75) is 26.9 Å². The SMILES string of the molecule is Cc1c(C)c2ccc(OC[C@H]3CNCCO3)c(C)c2oc1=O.Cl. The number of nitrogens with one attached hydrogen (secondary N) is 1. The first-order chi connectivity index (χ1) is 10.6. The van der Waals surface area contributed by atoms with Crippen molar-refractivity contribution in [1.29, 1.82) is 0 Å². The molecule has 6 heteroatoms. The first-order valence-electron chi connectivity index (χ1n) is 7.56. The van der Waals surface area contributed by atoms with E-state index in [9.17, 15) is 4.79 Å². The molecule has 2 aromatic rings. The van der Waals surface area contributed by atoms with Crippen LogP contribution in [-0.4, -0.2) is 32.4 Å². The van der Waals surface area contributed by atoms with Crippen molar-refractivity contribution in [2.24, 2.45) is 0 Å². The first kappa shape index (κ1) is 17.8. The summed E-state index contributed by atoms with van der Waals surface area (Å²) in [5, 5.41) is 4.23. The lowest BCUT2D eigenvalue weighted by molar-refractivity contribution is 0.0000792. The van der Waals surface area contributed by atoms with Crippen LogP contribution in [0.25, 0.3) is 11.0 Å². The summed E-state index contributed by atoms with van der Waals surface area (Å²) in [6.45, 7) is 8.50. The van der Waals surface area contributed by atoms with E-state index in [1.807, 2.05) is 26.0 Å². The van der Waals surface area contributed by atoms with Gasteiger partial charge in [-0.25, -0.2) is 4.79 Å². The molecule has 1 saturated heterocycles. The molecule has 1 aliphatic heterocycles. The summed E-state index contributed by atoms with van der Waals surface area (Å²) in [7, 11) is 0. The molecule has 0 spiro atoms. The zero-order chi connectivity index (χ0) is 15.7. The molecule has 0 saturated carbocycles. The van der Waals surface area contributed by atoms with Gasteiger partial charge in [-0.3, -0.25) is 0 Å². The summed E-state index contributed by atoms with van der Waals surface area (Å²) in [5.74, 6) is 0.730. The second-order valence-corrected chi connectivity index (χ2v) is 5.71. The van der Waals surface area contributed by atoms with Gasteiger partial charge in [0.2, 0.25) is 0 Å². The van der Waals surface area contributed by atoms with Crippen molar-refractivity contribution < 1.29 is 13.9 Å². The molecule has 3 rings (SSSR count). The van der Waals surface area contributed by atoms with Crippen LogP contribution in [0.4, 0.5) is 0 Å². The molecule has 1 fully saturated rings. The van der Waals surface area contributed by atoms with Crippen LogP contribution in [0, 0.1) is 20.8 Å². The highest BCUT2D eigenvalue weighted by atomic mass is 35.5. The second-order valence-electron chi connectivity index (χ2n) is 5.71. The van der Waals surface area contributed by atoms with E-state index in [4.69, 9.17) is 13.9 Å². The quantitative estimate of drug-likeness (QED) is 0.871. The van der Waals surface area contributed by atoms with Crippen LogP contribution in [0.1, 0.15) is 16.7 Å². The summed E-state index contributed by atoms with van der Waals surface area (Å²) in [4.78, 5) is 11.9. The summed E-state index contributed by atoms with van der Waals surface area (Å²) < 4.78 is 16.9. The fourth-order valence-corrected chi connectivity index (χ4v) is 2.69. The van der Waals surface area contributed by atoms with Crippen molar-refractivity contribution >= 4 is 23.4 Å². The summed E-state index contributed by atoms with van der Waals surface area (Å²) in [6, 6.07) is 3.88. The van der Waals surface area contributed by atoms with Gasteiger partial charge in [-0.05, 0) is 38.5 Å². The van der Waals surface area contributed by atoms with Crippen LogP contribution in [0.5, 0.6) is 5.75 Å². The smallest absolute Gasteiger partial charge is 0.339 e. The Bertz CT molecular complexity index is 750. The summed E-state index contributed by atoms with van der Waals surface area (Å²) >= 11 is 0. The lowest BCUT2D eigenvalue weighted by atomic mass is 10.0. The minimum Gasteiger partial charge on any atom is -0.490 e. The van der Waals surface area contributed by atoms with Gasteiger partial charge in [0.15, 0.2) is 0 Å². The summed E-state index contributed by atoms with van der Waals surface area (Å²) in [5.41, 5.74) is 2.78. The number of ether oxygens (including phenoxy) is 2. The van der Waals surface area contributed by atoms with Crippen molar-refractivity contribution in [2.75, 3.05) is 26.3 Å². The van der Waals surface area contributed by atoms with E-state index in [0.29, 0.717) is 24.4 Å². The molecule has 0 radical (unpaired) electrons. The van der Waals surface area contributed by atoms with Gasteiger partial charge in [0.1, 0.15) is 24.0 Å². The third-order valence-electron chi connectivity index (χ3n) is 4.25. The molecule has 126 valence electrons. The number of aryl methyl sites for hydroxylation is 2. The third kappa shape index (κ3) is 3.52. The second kappa shape index (κ2) is 7.34. The number of hydrogen-bond acceptors (Lipinski definition) is 5. The molecule has 2 heterocycles. The highest BCUT2D eigenvalue weighted by Crippen LogP contribution is 2.29. The maximum atomic E-state index is 11.9. The van der Waals surface area contributed by atoms with Gasteiger partial charge in [0, 0.05) is 29.6 Å². The maximum Gasteiger partial charge on any atom is 0.339 e. The molecule has 1 aliphatic rings. The van der Waals surface area contributed by atoms with E-state index in [-0.39, 0.29) is 24.1 Å². The molecule has 23 heavy (non-hydrogen) atoms. The fourth-order valence-electron chi connectivity index (χ4n) is 2.69. The van der Waals surface area contributed by atoms with Gasteiger partial charge < -0.3 is 19.2 Å². The van der Waals surface area contributed by atoms with Crippen LogP contribution < -0.4 is 15.7 Å². The van der Waals surface area contributed by atoms with E-state index in [0.717, 1.165) is 35.4 Å². The summed E-state index contributed by atoms with van der Waals surface area (Å²) in [6.07, 6.45) is 0.0515. The Morgan fingerprint density at radius 3 is 2.70 bits per heavy atom. The number of benzene rings is 1. The molecule has 1 atom stereocenters. The third-order valence-corrected chi connectivity index (χ3v) is 4.25. The number of hydrogen-bond donors (Lipinski definition) is 1. The standard InChI is InChI=1S/C17H21NO4.ClH/c1-10-11(2)17(19)22-16-12(3)15(5-4-14(10)16)21-9-13-8-18-6-7-20-13;/h4-5,13,18H,6-9H2,1-3H3;1H/t13-;/m1./s1. The van der Waals surface area contributed by atoms with Crippen molar-refractivity contribution in [1.82, 2.24) is 5.32 Å². The van der Waals surface area contributed by atoms with Gasteiger partial charge in [0.25, 0.3) is 0 Å². The molecule has 0 unspecified atom stereocenters. The lowest BCUT2D eigenvalue weighted by Gasteiger charge is -2.24. The molecule has 0 aliphatic carbocycles. The fraction of sp³-hybridized carbons (Fsp3) is 0.471. The van der Waals surface area contributed by atoms with Crippen LogP contribution in [-0.2, 0) is 4.74 Å². The largest absolute Gasteiger partial charge is 0.490 e. The Kier molecular flexibility index (Phi) is 5.68. The molecular formula is C17H22ClNO4. The van der Waals surface area contributed by atoms with Crippen molar-refractivity contribution in [3.8, 4) is 5.75 Å². The Balaban J connectivity index is 0.00000192. The Morgan fingerprint density at radius 2 is 2.00 bits per heavy atom. The highest BCUT2D eigenvalue weighted by Gasteiger charge is 2.16. The monoisotopic (exact) mass is 339 g/mol. The average molecular weight is 340 g/mol. The number of morpholine rings is 1. The topological polar surface area (TPSA) is 60.7 Å². The Labute approximate surface area is 141 Å². The van der Waals surface area contributed by atoms with Gasteiger partial charge in [0.05, 0.1) is 6.61 Å². The normalized spacial score (nSPS) is 17.8. The lowest BCUT2D eigenvalue weighted by Crippen LogP contribution is -2.41. The minimum absolute atomic E-state index is 0. The first-order valence-corrected chi connectivity index (χ1v) is 7.56. The van der Waals surface area contributed by atoms with Gasteiger partial charge in [-0.1, -0.05) is 0 Å². The van der Waals surface area contributed by atoms with E-state index in [1.165, 1.54) is 0 Å². The van der Waals surface area contributed by atoms with Crippen LogP contribution >= 0.6 is 12.4 Å². The van der Waals surface area contributed by atoms with Crippen LogP contribution in [0.15, 0.2) is 21.3 Å². The van der Waals surface area contributed by atoms with Gasteiger partial charge >= 0.3 is 5.63 Å². The molecule has 0 bridgehead atoms. The van der Waals surface area contributed by atoms with Gasteiger partial charge in [-0.15, -0.1) is 12.4 Å². The zero-order valence-corrected chi connectivity index (χ0v) is 14.4. The van der Waals surface area contributed by atoms with Gasteiger partial charge in [-0.2, -0.15) is 0 Å². The number of rotatable bonds is 3. The average Bonchev–Trinajstić information content (AvgIpc) is 2.54. The zero-order valence-electron chi connectivity index (χ0n) is 13.6. The molecule has 1 aromatic heterocycles. The van der Waals surface area contributed by atoms with Crippen molar-refractivity contribution in [3.05, 3.63) is 39.2 Å². The molecule has 1 N–H and O–H groups in total. The highest BCUT2D eigenvalue weighted by molar-refractivity contribution is 5.85. The van der Waals surface area contributed by atoms with E-state index < -0.39 is 0 Å². The number of fused-ring (bicyclic) bond motifs is 1. The minimum atomic E-state index is -0.287. The molecular weight excluding hydrogens is 318 g/mol. The predicted molar refractivity (Wildman–Crippen MR) is 92.0 cm³/mol.